The highest BCUT2D eigenvalue weighted by Crippen LogP contribution is 2.33. The summed E-state index contributed by atoms with van der Waals surface area (Å²) in [6.45, 7) is -0.522. The predicted molar refractivity (Wildman–Crippen MR) is 108 cm³/mol. The van der Waals surface area contributed by atoms with Crippen molar-refractivity contribution in [3.8, 4) is 17.3 Å². The lowest BCUT2D eigenvalue weighted by atomic mass is 10.2. The minimum absolute atomic E-state index is 0.0156. The molecule has 1 amide bonds. The molecule has 0 unspecified atom stereocenters. The summed E-state index contributed by atoms with van der Waals surface area (Å²) in [7, 11) is 0. The molecule has 0 radical (unpaired) electrons. The zero-order valence-electron chi connectivity index (χ0n) is 14.8. The molecule has 0 bridgehead atoms. The third kappa shape index (κ3) is 3.93. The molecule has 8 heteroatoms. The third-order valence-corrected chi connectivity index (χ3v) is 4.47. The maximum absolute atomic E-state index is 13.7. The van der Waals surface area contributed by atoms with E-state index in [0.717, 1.165) is 0 Å². The van der Waals surface area contributed by atoms with Crippen LogP contribution in [0, 0.1) is 5.82 Å². The molecule has 2 aromatic carbocycles. The average Bonchev–Trinajstić information content (AvgIpc) is 3.15. The molecule has 0 aliphatic rings. The van der Waals surface area contributed by atoms with Crippen molar-refractivity contribution in [3.05, 3.63) is 81.4 Å². The molecular formula is C21H13BrFNO5. The molecular weight excluding hydrogens is 445 g/mol. The third-order valence-electron chi connectivity index (χ3n) is 4.05. The van der Waals surface area contributed by atoms with Crippen molar-refractivity contribution in [1.29, 1.82) is 0 Å². The van der Waals surface area contributed by atoms with Gasteiger partial charge in [-0.15, -0.1) is 0 Å². The smallest absolute Gasteiger partial charge is 0.262 e. The van der Waals surface area contributed by atoms with Gasteiger partial charge in [-0.3, -0.25) is 9.59 Å². The number of anilines is 1. The van der Waals surface area contributed by atoms with Crippen molar-refractivity contribution >= 4 is 38.5 Å². The second kappa shape index (κ2) is 7.92. The number of para-hydroxylation sites is 2. The van der Waals surface area contributed by atoms with Crippen LogP contribution in [0.3, 0.4) is 0 Å². The van der Waals surface area contributed by atoms with Gasteiger partial charge in [-0.1, -0.05) is 24.3 Å². The van der Waals surface area contributed by atoms with E-state index in [0.29, 0.717) is 15.6 Å². The summed E-state index contributed by atoms with van der Waals surface area (Å²) in [5.74, 6) is -1.07. The van der Waals surface area contributed by atoms with Crippen LogP contribution in [0.5, 0.6) is 5.75 Å². The SMILES string of the molecule is O=C(COc1c(-c2ccc(Br)o2)oc2ccccc2c1=O)Nc1ccccc1F. The van der Waals surface area contributed by atoms with E-state index in [4.69, 9.17) is 13.6 Å². The lowest BCUT2D eigenvalue weighted by Crippen LogP contribution is -2.23. The van der Waals surface area contributed by atoms with Gasteiger partial charge in [0, 0.05) is 0 Å². The number of hydrogen-bond acceptors (Lipinski definition) is 5. The van der Waals surface area contributed by atoms with Crippen LogP contribution in [0.4, 0.5) is 10.1 Å². The van der Waals surface area contributed by atoms with Crippen molar-refractivity contribution in [3.63, 3.8) is 0 Å². The van der Waals surface area contributed by atoms with E-state index < -0.39 is 23.8 Å². The highest BCUT2D eigenvalue weighted by molar-refractivity contribution is 9.10. The Labute approximate surface area is 172 Å². The first-order chi connectivity index (χ1) is 14.0. The molecule has 29 heavy (non-hydrogen) atoms. The van der Waals surface area contributed by atoms with Crippen LogP contribution >= 0.6 is 15.9 Å². The Hall–Kier alpha value is -3.39. The molecule has 4 rings (SSSR count). The van der Waals surface area contributed by atoms with Crippen LogP contribution < -0.4 is 15.5 Å². The quantitative estimate of drug-likeness (QED) is 0.457. The van der Waals surface area contributed by atoms with Gasteiger partial charge in [-0.25, -0.2) is 4.39 Å². The van der Waals surface area contributed by atoms with Crippen LogP contribution in [-0.2, 0) is 4.79 Å². The molecule has 2 aromatic heterocycles. The van der Waals surface area contributed by atoms with Gasteiger partial charge in [0.2, 0.25) is 16.9 Å². The Morgan fingerprint density at radius 3 is 2.55 bits per heavy atom. The van der Waals surface area contributed by atoms with Gasteiger partial charge in [-0.05, 0) is 52.3 Å². The summed E-state index contributed by atoms with van der Waals surface area (Å²) in [5, 5.41) is 2.70. The van der Waals surface area contributed by atoms with Gasteiger partial charge in [-0.2, -0.15) is 0 Å². The van der Waals surface area contributed by atoms with Crippen LogP contribution in [0.1, 0.15) is 0 Å². The molecule has 4 aromatic rings. The molecule has 0 saturated heterocycles. The number of hydrogen-bond donors (Lipinski definition) is 1. The van der Waals surface area contributed by atoms with Crippen molar-refractivity contribution in [2.24, 2.45) is 0 Å². The molecule has 0 saturated carbocycles. The van der Waals surface area contributed by atoms with Crippen molar-refractivity contribution in [2.45, 2.75) is 0 Å². The first-order valence-electron chi connectivity index (χ1n) is 8.51. The summed E-state index contributed by atoms with van der Waals surface area (Å²) in [4.78, 5) is 25.1. The van der Waals surface area contributed by atoms with Gasteiger partial charge < -0.3 is 18.9 Å². The number of ether oxygens (including phenoxy) is 1. The van der Waals surface area contributed by atoms with E-state index in [-0.39, 0.29) is 23.0 Å². The maximum Gasteiger partial charge on any atom is 0.262 e. The maximum atomic E-state index is 13.7. The molecule has 6 nitrogen and oxygen atoms in total. The van der Waals surface area contributed by atoms with E-state index in [1.165, 1.54) is 18.2 Å². The molecule has 146 valence electrons. The van der Waals surface area contributed by atoms with Gasteiger partial charge in [0.05, 0.1) is 11.1 Å². The van der Waals surface area contributed by atoms with Crippen LogP contribution in [-0.4, -0.2) is 12.5 Å². The minimum atomic E-state index is -0.630. The van der Waals surface area contributed by atoms with E-state index in [1.54, 1.807) is 42.5 Å². The molecule has 0 aliphatic carbocycles. The van der Waals surface area contributed by atoms with E-state index >= 15 is 0 Å². The molecule has 0 fully saturated rings. The van der Waals surface area contributed by atoms with Crippen molar-refractivity contribution < 1.29 is 22.8 Å². The molecule has 2 heterocycles. The topological polar surface area (TPSA) is 81.7 Å². The second-order valence-electron chi connectivity index (χ2n) is 6.01. The fourth-order valence-electron chi connectivity index (χ4n) is 2.74. The summed E-state index contributed by atoms with van der Waals surface area (Å²) in [6.07, 6.45) is 0. The van der Waals surface area contributed by atoms with Crippen molar-refractivity contribution in [1.82, 2.24) is 0 Å². The highest BCUT2D eigenvalue weighted by Gasteiger charge is 2.21. The molecule has 0 spiro atoms. The van der Waals surface area contributed by atoms with Gasteiger partial charge in [0.1, 0.15) is 11.4 Å². The van der Waals surface area contributed by atoms with E-state index in [2.05, 4.69) is 21.2 Å². The Morgan fingerprint density at radius 2 is 1.79 bits per heavy atom. The zero-order chi connectivity index (χ0) is 20.4. The number of rotatable bonds is 5. The number of fused-ring (bicyclic) bond motifs is 1. The van der Waals surface area contributed by atoms with Gasteiger partial charge in [0.15, 0.2) is 17.0 Å². The Kier molecular flexibility index (Phi) is 5.18. The van der Waals surface area contributed by atoms with Gasteiger partial charge >= 0.3 is 0 Å². The number of nitrogens with one attached hydrogen (secondary N) is 1. The summed E-state index contributed by atoms with van der Waals surface area (Å²) in [6, 6.07) is 15.6. The normalized spacial score (nSPS) is 10.8. The number of furan rings is 1. The molecule has 0 aliphatic heterocycles. The van der Waals surface area contributed by atoms with Crippen molar-refractivity contribution in [2.75, 3.05) is 11.9 Å². The summed E-state index contributed by atoms with van der Waals surface area (Å²) >= 11 is 3.20. The number of carbonyl (C=O) groups excluding carboxylic acids is 1. The van der Waals surface area contributed by atoms with Gasteiger partial charge in [0.25, 0.3) is 5.91 Å². The second-order valence-corrected chi connectivity index (χ2v) is 6.79. The van der Waals surface area contributed by atoms with Crippen LogP contribution in [0.25, 0.3) is 22.5 Å². The summed E-state index contributed by atoms with van der Waals surface area (Å²) < 4.78 is 30.9. The number of amides is 1. The first kappa shape index (κ1) is 18.9. The lowest BCUT2D eigenvalue weighted by molar-refractivity contribution is -0.118. The minimum Gasteiger partial charge on any atom is -0.476 e. The largest absolute Gasteiger partial charge is 0.476 e. The Bertz CT molecular complexity index is 1260. The van der Waals surface area contributed by atoms with E-state index in [9.17, 15) is 14.0 Å². The van der Waals surface area contributed by atoms with Crippen LogP contribution in [0.15, 0.2) is 79.0 Å². The zero-order valence-corrected chi connectivity index (χ0v) is 16.4. The monoisotopic (exact) mass is 457 g/mol. The standard InChI is InChI=1S/C21H13BrFNO5/c22-17-10-9-16(28-17)20-21(19(26)12-5-1-4-8-15(12)29-20)27-11-18(25)24-14-7-3-2-6-13(14)23/h1-10H,11H2,(H,24,25). The summed E-state index contributed by atoms with van der Waals surface area (Å²) in [5.41, 5.74) is -0.0851. The number of halogens is 2. The first-order valence-corrected chi connectivity index (χ1v) is 9.31. The fraction of sp³-hybridized carbons (Fsp3) is 0.0476. The Balaban J connectivity index is 1.67. The molecule has 0 atom stereocenters. The highest BCUT2D eigenvalue weighted by atomic mass is 79.9. The average molecular weight is 458 g/mol. The number of benzene rings is 2. The predicted octanol–water partition coefficient (Wildman–Crippen LogP) is 4.97. The number of carbonyl (C=O) groups is 1. The lowest BCUT2D eigenvalue weighted by Gasteiger charge is -2.11. The van der Waals surface area contributed by atoms with E-state index in [1.807, 2.05) is 0 Å². The van der Waals surface area contributed by atoms with Crippen LogP contribution in [0.2, 0.25) is 0 Å². The Morgan fingerprint density at radius 1 is 1.03 bits per heavy atom. The molecule has 1 N–H and O–H groups in total. The fourth-order valence-corrected chi connectivity index (χ4v) is 3.05.